The Kier molecular flexibility index (Phi) is 8.80. The summed E-state index contributed by atoms with van der Waals surface area (Å²) < 4.78 is 60.3. The van der Waals surface area contributed by atoms with Crippen molar-refractivity contribution in [3.05, 3.63) is 53.1 Å². The average Bonchev–Trinajstić information content (AvgIpc) is 2.90. The molecule has 0 aliphatic carbocycles. The van der Waals surface area contributed by atoms with Crippen molar-refractivity contribution < 1.29 is 26.4 Å². The first kappa shape index (κ1) is 27.8. The molecule has 1 N–H and O–H groups in total. The molecule has 2 aromatic rings. The zero-order valence-corrected chi connectivity index (χ0v) is 23.1. The van der Waals surface area contributed by atoms with Crippen LogP contribution in [0.25, 0.3) is 0 Å². The number of hydrogen-bond donors (Lipinski definition) is 1. The van der Waals surface area contributed by atoms with E-state index in [4.69, 9.17) is 16.3 Å². The molecule has 2 aromatic carbocycles. The molecular formula is C25H32ClN3O6S2. The number of piperidine rings is 2. The molecule has 0 unspecified atom stereocenters. The van der Waals surface area contributed by atoms with Crippen LogP contribution in [-0.2, 0) is 30.6 Å². The number of nitrogens with zero attached hydrogens (tertiary/aromatic N) is 2. The van der Waals surface area contributed by atoms with Crippen molar-refractivity contribution in [2.75, 3.05) is 38.6 Å². The van der Waals surface area contributed by atoms with E-state index in [1.807, 2.05) is 0 Å². The van der Waals surface area contributed by atoms with Gasteiger partial charge in [0.2, 0.25) is 26.0 Å². The first-order chi connectivity index (χ1) is 17.6. The Morgan fingerprint density at radius 3 is 2.30 bits per heavy atom. The third-order valence-electron chi connectivity index (χ3n) is 6.90. The van der Waals surface area contributed by atoms with Crippen molar-refractivity contribution >= 4 is 43.2 Å². The summed E-state index contributed by atoms with van der Waals surface area (Å²) >= 11 is 6.13. The molecule has 0 aromatic heterocycles. The largest absolute Gasteiger partial charge is 0.495 e. The molecule has 0 atom stereocenters. The first-order valence-electron chi connectivity index (χ1n) is 12.3. The first-order valence-corrected chi connectivity index (χ1v) is 15.7. The zero-order valence-electron chi connectivity index (χ0n) is 20.7. The van der Waals surface area contributed by atoms with Crippen LogP contribution in [0.2, 0.25) is 5.02 Å². The number of anilines is 1. The van der Waals surface area contributed by atoms with Gasteiger partial charge >= 0.3 is 0 Å². The summed E-state index contributed by atoms with van der Waals surface area (Å²) in [5.41, 5.74) is 0.815. The summed E-state index contributed by atoms with van der Waals surface area (Å²) in [5, 5.41) is 3.22. The molecule has 2 saturated heterocycles. The van der Waals surface area contributed by atoms with Crippen molar-refractivity contribution in [3.63, 3.8) is 0 Å². The SMILES string of the molecule is COc1ccc(S(=O)(=O)N2CCCCC2)cc1NC(=O)C1CCN(S(=O)(=O)Cc2ccccc2Cl)CC1. The van der Waals surface area contributed by atoms with Gasteiger partial charge in [-0.05, 0) is 55.5 Å². The lowest BCUT2D eigenvalue weighted by molar-refractivity contribution is -0.120. The Balaban J connectivity index is 1.41. The van der Waals surface area contributed by atoms with Crippen LogP contribution in [-0.4, -0.2) is 64.6 Å². The van der Waals surface area contributed by atoms with Crippen LogP contribution in [0, 0.1) is 5.92 Å². The number of ether oxygens (including phenoxy) is 1. The summed E-state index contributed by atoms with van der Waals surface area (Å²) in [4.78, 5) is 13.2. The quantitative estimate of drug-likeness (QED) is 0.518. The van der Waals surface area contributed by atoms with Gasteiger partial charge in [-0.1, -0.05) is 36.2 Å². The zero-order chi connectivity index (χ0) is 26.6. The lowest BCUT2D eigenvalue weighted by atomic mass is 9.97. The second-order valence-corrected chi connectivity index (χ2v) is 13.7. The smallest absolute Gasteiger partial charge is 0.243 e. The van der Waals surface area contributed by atoms with E-state index < -0.39 is 26.0 Å². The van der Waals surface area contributed by atoms with E-state index in [0.717, 1.165) is 19.3 Å². The number of benzene rings is 2. The van der Waals surface area contributed by atoms with Crippen molar-refractivity contribution in [2.24, 2.45) is 5.92 Å². The van der Waals surface area contributed by atoms with Gasteiger partial charge in [-0.25, -0.2) is 21.1 Å². The lowest BCUT2D eigenvalue weighted by Gasteiger charge is -2.31. The third-order valence-corrected chi connectivity index (χ3v) is 11.0. The highest BCUT2D eigenvalue weighted by Crippen LogP contribution is 2.31. The van der Waals surface area contributed by atoms with Gasteiger partial charge < -0.3 is 10.1 Å². The summed E-state index contributed by atoms with van der Waals surface area (Å²) in [6.45, 7) is 1.39. The normalized spacial score (nSPS) is 18.4. The molecule has 1 amide bonds. The predicted octanol–water partition coefficient (Wildman–Crippen LogP) is 3.70. The van der Waals surface area contributed by atoms with Crippen molar-refractivity contribution in [1.29, 1.82) is 0 Å². The van der Waals surface area contributed by atoms with E-state index in [1.54, 1.807) is 24.3 Å². The predicted molar refractivity (Wildman–Crippen MR) is 143 cm³/mol. The highest BCUT2D eigenvalue weighted by Gasteiger charge is 2.32. The maximum Gasteiger partial charge on any atom is 0.243 e. The molecule has 2 aliphatic heterocycles. The Bertz CT molecular complexity index is 1340. The highest BCUT2D eigenvalue weighted by molar-refractivity contribution is 7.89. The monoisotopic (exact) mass is 569 g/mol. The van der Waals surface area contributed by atoms with E-state index in [1.165, 1.54) is 33.9 Å². The van der Waals surface area contributed by atoms with Crippen molar-refractivity contribution in [3.8, 4) is 5.75 Å². The summed E-state index contributed by atoms with van der Waals surface area (Å²) in [7, 11) is -5.81. The number of methoxy groups -OCH3 is 1. The molecule has 2 fully saturated rings. The fourth-order valence-electron chi connectivity index (χ4n) is 4.73. The molecule has 9 nitrogen and oxygen atoms in total. The van der Waals surface area contributed by atoms with Crippen LogP contribution in [0.15, 0.2) is 47.4 Å². The van der Waals surface area contributed by atoms with E-state index in [-0.39, 0.29) is 35.3 Å². The van der Waals surface area contributed by atoms with Crippen LogP contribution in [0.1, 0.15) is 37.7 Å². The van der Waals surface area contributed by atoms with Gasteiger partial charge in [0.25, 0.3) is 0 Å². The van der Waals surface area contributed by atoms with Crippen LogP contribution >= 0.6 is 11.6 Å². The van der Waals surface area contributed by atoms with Crippen LogP contribution in [0.4, 0.5) is 5.69 Å². The molecule has 37 heavy (non-hydrogen) atoms. The summed E-state index contributed by atoms with van der Waals surface area (Å²) in [6.07, 6.45) is 3.36. The highest BCUT2D eigenvalue weighted by atomic mass is 35.5. The second kappa shape index (κ2) is 11.7. The second-order valence-electron chi connectivity index (χ2n) is 9.34. The Labute approximate surface area is 223 Å². The Morgan fingerprint density at radius 1 is 0.973 bits per heavy atom. The number of carbonyl (C=O) groups excluding carboxylic acids is 1. The summed E-state index contributed by atoms with van der Waals surface area (Å²) in [6, 6.07) is 11.3. The molecular weight excluding hydrogens is 538 g/mol. The fourth-order valence-corrected chi connectivity index (χ4v) is 8.15. The number of halogens is 1. The Hall–Kier alpha value is -2.18. The lowest BCUT2D eigenvalue weighted by Crippen LogP contribution is -2.42. The molecule has 4 rings (SSSR count). The van der Waals surface area contributed by atoms with Gasteiger partial charge in [-0.2, -0.15) is 4.31 Å². The minimum absolute atomic E-state index is 0.103. The topological polar surface area (TPSA) is 113 Å². The molecule has 202 valence electrons. The van der Waals surface area contributed by atoms with Gasteiger partial charge in [0.15, 0.2) is 0 Å². The maximum atomic E-state index is 13.1. The molecule has 0 saturated carbocycles. The van der Waals surface area contributed by atoms with Gasteiger partial charge in [0.05, 0.1) is 23.4 Å². The van der Waals surface area contributed by atoms with Crippen LogP contribution < -0.4 is 10.1 Å². The molecule has 12 heteroatoms. The minimum Gasteiger partial charge on any atom is -0.495 e. The van der Waals surface area contributed by atoms with Crippen LogP contribution in [0.3, 0.4) is 0 Å². The van der Waals surface area contributed by atoms with E-state index in [2.05, 4.69) is 5.32 Å². The number of sulfonamides is 2. The minimum atomic E-state index is -3.68. The molecule has 2 heterocycles. The maximum absolute atomic E-state index is 13.1. The van der Waals surface area contributed by atoms with Gasteiger partial charge in [0, 0.05) is 37.1 Å². The van der Waals surface area contributed by atoms with E-state index >= 15 is 0 Å². The van der Waals surface area contributed by atoms with Crippen molar-refractivity contribution in [2.45, 2.75) is 42.8 Å². The average molecular weight is 570 g/mol. The third kappa shape index (κ3) is 6.46. The van der Waals surface area contributed by atoms with E-state index in [0.29, 0.717) is 42.3 Å². The Morgan fingerprint density at radius 2 is 1.65 bits per heavy atom. The molecule has 0 spiro atoms. The molecule has 2 aliphatic rings. The number of hydrogen-bond acceptors (Lipinski definition) is 6. The number of carbonyl (C=O) groups is 1. The van der Waals surface area contributed by atoms with Crippen molar-refractivity contribution in [1.82, 2.24) is 8.61 Å². The number of nitrogens with one attached hydrogen (secondary N) is 1. The standard InChI is InChI=1S/C25H32ClN3O6S2/c1-35-24-10-9-21(37(33,34)29-13-5-2-6-14-29)17-23(24)27-25(30)19-11-15-28(16-12-19)36(31,32)18-20-7-3-4-8-22(20)26/h3-4,7-10,17,19H,2,5-6,11-16,18H2,1H3,(H,27,30). The molecule has 0 bridgehead atoms. The number of rotatable bonds is 8. The fraction of sp³-hybridized carbons (Fsp3) is 0.480. The molecule has 0 radical (unpaired) electrons. The van der Waals surface area contributed by atoms with Gasteiger partial charge in [-0.3, -0.25) is 4.79 Å². The summed E-state index contributed by atoms with van der Waals surface area (Å²) in [5.74, 6) is -0.558. The number of amides is 1. The van der Waals surface area contributed by atoms with Crippen LogP contribution in [0.5, 0.6) is 5.75 Å². The van der Waals surface area contributed by atoms with Gasteiger partial charge in [-0.15, -0.1) is 0 Å². The van der Waals surface area contributed by atoms with E-state index in [9.17, 15) is 21.6 Å². The van der Waals surface area contributed by atoms with Gasteiger partial charge in [0.1, 0.15) is 5.75 Å².